The number of benzene rings is 2. The fourth-order valence-corrected chi connectivity index (χ4v) is 2.95. The second-order valence-corrected chi connectivity index (χ2v) is 5.65. The van der Waals surface area contributed by atoms with Crippen molar-refractivity contribution in [3.05, 3.63) is 76.6 Å². The Labute approximate surface area is 131 Å². The molecule has 2 nitrogen and oxygen atoms in total. The molecule has 3 rings (SSSR count). The van der Waals surface area contributed by atoms with Gasteiger partial charge in [-0.1, -0.05) is 50.1 Å². The van der Waals surface area contributed by atoms with E-state index < -0.39 is 0 Å². The van der Waals surface area contributed by atoms with E-state index in [1.165, 1.54) is 12.8 Å². The maximum Gasteiger partial charge on any atom is 0.189 e. The summed E-state index contributed by atoms with van der Waals surface area (Å²) in [6.07, 6.45) is 4.42. The highest BCUT2D eigenvalue weighted by Gasteiger charge is 2.10. The lowest BCUT2D eigenvalue weighted by molar-refractivity contribution is 0.698. The highest BCUT2D eigenvalue weighted by Crippen LogP contribution is 2.20. The molecule has 0 unspecified atom stereocenters. The van der Waals surface area contributed by atoms with Gasteiger partial charge in [0.25, 0.3) is 0 Å². The van der Waals surface area contributed by atoms with Crippen LogP contribution in [0.15, 0.2) is 65.5 Å². The molecule has 0 bridgehead atoms. The van der Waals surface area contributed by atoms with E-state index in [9.17, 15) is 4.79 Å². The molecule has 22 heavy (non-hydrogen) atoms. The van der Waals surface area contributed by atoms with Crippen LogP contribution in [0.2, 0.25) is 0 Å². The molecular formula is C20H21NO. The summed E-state index contributed by atoms with van der Waals surface area (Å²) in [4.78, 5) is 12.4. The molecule has 0 atom stereocenters. The van der Waals surface area contributed by atoms with Crippen molar-refractivity contribution >= 4 is 10.9 Å². The van der Waals surface area contributed by atoms with Crippen LogP contribution in [0.1, 0.15) is 31.9 Å². The van der Waals surface area contributed by atoms with Gasteiger partial charge in [0.15, 0.2) is 5.43 Å². The number of hydrogen-bond donors (Lipinski definition) is 0. The molecule has 0 saturated heterocycles. The van der Waals surface area contributed by atoms with Crippen LogP contribution in [0.3, 0.4) is 0 Å². The van der Waals surface area contributed by atoms with Gasteiger partial charge in [-0.15, -0.1) is 0 Å². The topological polar surface area (TPSA) is 22.0 Å². The minimum absolute atomic E-state index is 0.120. The van der Waals surface area contributed by atoms with Crippen LogP contribution < -0.4 is 5.43 Å². The lowest BCUT2D eigenvalue weighted by atomic mass is 10.1. The normalized spacial score (nSPS) is 11.0. The lowest BCUT2D eigenvalue weighted by Gasteiger charge is -2.17. The molecule has 3 aromatic rings. The Hall–Kier alpha value is -2.35. The van der Waals surface area contributed by atoms with E-state index in [0.29, 0.717) is 0 Å². The molecule has 0 saturated carbocycles. The number of nitrogens with zero attached hydrogens (tertiary/aromatic N) is 1. The third-order valence-electron chi connectivity index (χ3n) is 4.05. The first-order chi connectivity index (χ1) is 10.8. The molecule has 0 aliphatic heterocycles. The summed E-state index contributed by atoms with van der Waals surface area (Å²) in [6, 6.07) is 20.0. The van der Waals surface area contributed by atoms with Gasteiger partial charge in [-0.3, -0.25) is 4.79 Å². The van der Waals surface area contributed by atoms with Gasteiger partial charge < -0.3 is 4.57 Å². The fourth-order valence-electron chi connectivity index (χ4n) is 2.95. The highest BCUT2D eigenvalue weighted by molar-refractivity contribution is 5.81. The maximum atomic E-state index is 12.4. The zero-order valence-corrected chi connectivity index (χ0v) is 13.0. The van der Waals surface area contributed by atoms with Crippen molar-refractivity contribution in [1.29, 1.82) is 0 Å². The molecule has 0 fully saturated rings. The Morgan fingerprint density at radius 3 is 2.41 bits per heavy atom. The van der Waals surface area contributed by atoms with Crippen LogP contribution in [0.4, 0.5) is 0 Å². The highest BCUT2D eigenvalue weighted by atomic mass is 16.1. The number of hydrogen-bond acceptors (Lipinski definition) is 1. The largest absolute Gasteiger partial charge is 0.313 e. The average molecular weight is 291 g/mol. The summed E-state index contributed by atoms with van der Waals surface area (Å²) in [5.74, 6) is 0. The van der Waals surface area contributed by atoms with Crippen LogP contribution >= 0.6 is 0 Å². The second kappa shape index (κ2) is 6.61. The van der Waals surface area contributed by atoms with E-state index in [-0.39, 0.29) is 5.43 Å². The van der Waals surface area contributed by atoms with Crippen LogP contribution in [0.5, 0.6) is 0 Å². The van der Waals surface area contributed by atoms with Crippen molar-refractivity contribution in [2.75, 3.05) is 0 Å². The number of fused-ring (bicyclic) bond motifs is 1. The molecule has 0 aliphatic rings. The van der Waals surface area contributed by atoms with Gasteiger partial charge >= 0.3 is 0 Å². The SMILES string of the molecule is CCCCCc1cc(=O)c2ccccc2n1-c1ccccc1. The van der Waals surface area contributed by atoms with Gasteiger partial charge in [0, 0.05) is 22.8 Å². The zero-order chi connectivity index (χ0) is 15.4. The van der Waals surface area contributed by atoms with Crippen LogP contribution in [-0.4, -0.2) is 4.57 Å². The number of pyridine rings is 1. The molecule has 0 aliphatic carbocycles. The third-order valence-corrected chi connectivity index (χ3v) is 4.05. The van der Waals surface area contributed by atoms with E-state index in [0.717, 1.165) is 35.1 Å². The van der Waals surface area contributed by atoms with Crippen molar-refractivity contribution in [3.63, 3.8) is 0 Å². The van der Waals surface area contributed by atoms with Gasteiger partial charge in [0.05, 0.1) is 5.52 Å². The lowest BCUT2D eigenvalue weighted by Crippen LogP contribution is -2.13. The average Bonchev–Trinajstić information content (AvgIpc) is 2.56. The summed E-state index contributed by atoms with van der Waals surface area (Å²) < 4.78 is 2.23. The van der Waals surface area contributed by atoms with Crippen molar-refractivity contribution in [2.24, 2.45) is 0 Å². The van der Waals surface area contributed by atoms with Crippen LogP contribution in [0.25, 0.3) is 16.6 Å². The number of aryl methyl sites for hydroxylation is 1. The van der Waals surface area contributed by atoms with Crippen molar-refractivity contribution < 1.29 is 0 Å². The summed E-state index contributed by atoms with van der Waals surface area (Å²) in [5, 5.41) is 0.783. The second-order valence-electron chi connectivity index (χ2n) is 5.65. The van der Waals surface area contributed by atoms with Crippen LogP contribution in [0, 0.1) is 0 Å². The fraction of sp³-hybridized carbons (Fsp3) is 0.250. The Balaban J connectivity index is 2.22. The molecule has 112 valence electrons. The first kappa shape index (κ1) is 14.6. The molecule has 1 aromatic heterocycles. The number of unbranched alkanes of at least 4 members (excludes halogenated alkanes) is 2. The van der Waals surface area contributed by atoms with Crippen molar-refractivity contribution in [1.82, 2.24) is 4.57 Å². The molecule has 2 heteroatoms. The van der Waals surface area contributed by atoms with Gasteiger partial charge in [0.2, 0.25) is 0 Å². The minimum atomic E-state index is 0.120. The predicted octanol–water partition coefficient (Wildman–Crippen LogP) is 4.72. The van der Waals surface area contributed by atoms with Gasteiger partial charge in [-0.2, -0.15) is 0 Å². The number of para-hydroxylation sites is 2. The molecule has 0 amide bonds. The first-order valence-corrected chi connectivity index (χ1v) is 8.00. The van der Waals surface area contributed by atoms with E-state index in [1.807, 2.05) is 48.5 Å². The Morgan fingerprint density at radius 1 is 0.909 bits per heavy atom. The Kier molecular flexibility index (Phi) is 4.38. The minimum Gasteiger partial charge on any atom is -0.313 e. The monoisotopic (exact) mass is 291 g/mol. The van der Waals surface area contributed by atoms with E-state index >= 15 is 0 Å². The maximum absolute atomic E-state index is 12.4. The molecule has 1 heterocycles. The number of aromatic nitrogens is 1. The standard InChI is InChI=1S/C20H21NO/c1-2-3-5-12-17-15-20(22)18-13-8-9-14-19(18)21(17)16-10-6-4-7-11-16/h4,6-11,13-15H,2-3,5,12H2,1H3. The van der Waals surface area contributed by atoms with E-state index in [4.69, 9.17) is 0 Å². The van der Waals surface area contributed by atoms with Crippen molar-refractivity contribution in [3.8, 4) is 5.69 Å². The predicted molar refractivity (Wildman–Crippen MR) is 92.8 cm³/mol. The summed E-state index contributed by atoms with van der Waals surface area (Å²) in [6.45, 7) is 2.20. The Bertz CT molecular complexity index is 818. The quantitative estimate of drug-likeness (QED) is 0.623. The van der Waals surface area contributed by atoms with E-state index in [2.05, 4.69) is 23.6 Å². The van der Waals surface area contributed by atoms with Crippen molar-refractivity contribution in [2.45, 2.75) is 32.6 Å². The van der Waals surface area contributed by atoms with E-state index in [1.54, 1.807) is 0 Å². The summed E-state index contributed by atoms with van der Waals surface area (Å²) in [5.41, 5.74) is 3.33. The summed E-state index contributed by atoms with van der Waals surface area (Å²) >= 11 is 0. The van der Waals surface area contributed by atoms with Gasteiger partial charge in [0.1, 0.15) is 0 Å². The molecule has 2 aromatic carbocycles. The first-order valence-electron chi connectivity index (χ1n) is 8.00. The molecule has 0 radical (unpaired) electrons. The Morgan fingerprint density at radius 2 is 1.64 bits per heavy atom. The molecule has 0 N–H and O–H groups in total. The van der Waals surface area contributed by atoms with Gasteiger partial charge in [-0.25, -0.2) is 0 Å². The van der Waals surface area contributed by atoms with Gasteiger partial charge in [-0.05, 0) is 37.1 Å². The third kappa shape index (κ3) is 2.82. The zero-order valence-electron chi connectivity index (χ0n) is 13.0. The number of rotatable bonds is 5. The summed E-state index contributed by atoms with van der Waals surface area (Å²) in [7, 11) is 0. The smallest absolute Gasteiger partial charge is 0.189 e. The van der Waals surface area contributed by atoms with Crippen LogP contribution in [-0.2, 0) is 6.42 Å². The molecule has 0 spiro atoms. The molecular weight excluding hydrogens is 270 g/mol.